The van der Waals surface area contributed by atoms with Gasteiger partial charge in [0.1, 0.15) is 0 Å². The Bertz CT molecular complexity index is 449. The lowest BCUT2D eigenvalue weighted by molar-refractivity contribution is -0.137. The van der Waals surface area contributed by atoms with Crippen molar-refractivity contribution in [2.45, 2.75) is 57.8 Å². The monoisotopic (exact) mass is 320 g/mol. The van der Waals surface area contributed by atoms with Gasteiger partial charge in [-0.15, -0.1) is 0 Å². The van der Waals surface area contributed by atoms with E-state index in [1.807, 2.05) is 30.3 Å². The Balaban J connectivity index is 1.86. The number of carbonyl (C=O) groups excluding carboxylic acids is 1. The van der Waals surface area contributed by atoms with Gasteiger partial charge in [-0.3, -0.25) is 4.79 Å². The second-order valence-electron chi connectivity index (χ2n) is 5.72. The predicted molar refractivity (Wildman–Crippen MR) is 92.7 cm³/mol. The van der Waals surface area contributed by atoms with Crippen LogP contribution in [0.15, 0.2) is 30.3 Å². The molecule has 0 heterocycles. The molecule has 1 rings (SSSR count). The molecule has 0 aliphatic rings. The summed E-state index contributed by atoms with van der Waals surface area (Å²) in [5.74, 6) is -0.700. The van der Waals surface area contributed by atoms with E-state index in [0.29, 0.717) is 6.54 Å². The Morgan fingerprint density at radius 1 is 0.826 bits per heavy atom. The lowest BCUT2D eigenvalue weighted by atomic mass is 10.1. The number of benzene rings is 1. The largest absolute Gasteiger partial charge is 0.481 e. The molecule has 0 unspecified atom stereocenters. The van der Waals surface area contributed by atoms with Gasteiger partial charge in [-0.1, -0.05) is 56.7 Å². The zero-order valence-electron chi connectivity index (χ0n) is 13.7. The van der Waals surface area contributed by atoms with Crippen molar-refractivity contribution in [2.75, 3.05) is 11.9 Å². The minimum absolute atomic E-state index is 0.158. The van der Waals surface area contributed by atoms with E-state index in [4.69, 9.17) is 5.11 Å². The van der Waals surface area contributed by atoms with Gasteiger partial charge in [0.05, 0.1) is 0 Å². The summed E-state index contributed by atoms with van der Waals surface area (Å²) in [7, 11) is 0. The molecule has 5 nitrogen and oxygen atoms in total. The molecular formula is C18H28N2O3. The van der Waals surface area contributed by atoms with Crippen molar-refractivity contribution in [2.24, 2.45) is 0 Å². The number of carboxylic acid groups (broad SMARTS) is 1. The molecule has 0 bridgehead atoms. The van der Waals surface area contributed by atoms with Gasteiger partial charge in [-0.05, 0) is 25.0 Å². The molecule has 2 amide bonds. The molecule has 23 heavy (non-hydrogen) atoms. The Hall–Kier alpha value is -2.04. The van der Waals surface area contributed by atoms with E-state index < -0.39 is 5.97 Å². The van der Waals surface area contributed by atoms with Crippen LogP contribution in [0.25, 0.3) is 0 Å². The van der Waals surface area contributed by atoms with E-state index in [9.17, 15) is 9.59 Å². The molecule has 0 saturated carbocycles. The van der Waals surface area contributed by atoms with Gasteiger partial charge < -0.3 is 15.7 Å². The van der Waals surface area contributed by atoms with Gasteiger partial charge >= 0.3 is 12.0 Å². The molecule has 5 heteroatoms. The summed E-state index contributed by atoms with van der Waals surface area (Å²) < 4.78 is 0. The lowest BCUT2D eigenvalue weighted by Crippen LogP contribution is -2.29. The molecule has 0 atom stereocenters. The maximum absolute atomic E-state index is 11.6. The number of carbonyl (C=O) groups is 2. The number of carboxylic acids is 1. The molecular weight excluding hydrogens is 292 g/mol. The van der Waals surface area contributed by atoms with Crippen LogP contribution in [-0.2, 0) is 4.79 Å². The topological polar surface area (TPSA) is 78.4 Å². The maximum atomic E-state index is 11.6. The molecule has 1 aromatic rings. The van der Waals surface area contributed by atoms with Crippen LogP contribution in [0.3, 0.4) is 0 Å². The summed E-state index contributed by atoms with van der Waals surface area (Å²) in [5.41, 5.74) is 0.799. The standard InChI is InChI=1S/C18H28N2O3/c21-17(22)14-10-5-3-1-2-4-6-11-15-19-18(23)20-16-12-8-7-9-13-16/h7-9,12-13H,1-6,10-11,14-15H2,(H,21,22)(H2,19,20,23). The fraction of sp³-hybridized carbons (Fsp3) is 0.556. The number of amides is 2. The highest BCUT2D eigenvalue weighted by atomic mass is 16.4. The molecule has 0 radical (unpaired) electrons. The van der Waals surface area contributed by atoms with E-state index in [1.165, 1.54) is 19.3 Å². The van der Waals surface area contributed by atoms with Crippen LogP contribution in [-0.4, -0.2) is 23.7 Å². The summed E-state index contributed by atoms with van der Waals surface area (Å²) in [6.45, 7) is 0.692. The Kier molecular flexibility index (Phi) is 10.3. The first-order chi connectivity index (χ1) is 11.2. The van der Waals surface area contributed by atoms with Crippen molar-refractivity contribution in [3.05, 3.63) is 30.3 Å². The van der Waals surface area contributed by atoms with E-state index in [2.05, 4.69) is 10.6 Å². The Morgan fingerprint density at radius 3 is 2.00 bits per heavy atom. The minimum Gasteiger partial charge on any atom is -0.481 e. The zero-order valence-corrected chi connectivity index (χ0v) is 13.7. The molecule has 0 spiro atoms. The molecule has 0 aliphatic heterocycles. The summed E-state index contributed by atoms with van der Waals surface area (Å²) in [6, 6.07) is 9.24. The first kappa shape index (κ1) is 19.0. The molecule has 1 aromatic carbocycles. The third-order valence-electron chi connectivity index (χ3n) is 3.63. The van der Waals surface area contributed by atoms with Gasteiger partial charge in [0.15, 0.2) is 0 Å². The van der Waals surface area contributed by atoms with E-state index in [-0.39, 0.29) is 12.5 Å². The fourth-order valence-electron chi connectivity index (χ4n) is 2.36. The van der Waals surface area contributed by atoms with Crippen molar-refractivity contribution in [3.63, 3.8) is 0 Å². The number of hydrogen-bond donors (Lipinski definition) is 3. The third kappa shape index (κ3) is 11.2. The van der Waals surface area contributed by atoms with Gasteiger partial charge in [0, 0.05) is 18.7 Å². The van der Waals surface area contributed by atoms with Crippen molar-refractivity contribution in [3.8, 4) is 0 Å². The van der Waals surface area contributed by atoms with Gasteiger partial charge in [-0.25, -0.2) is 4.79 Å². The van der Waals surface area contributed by atoms with Crippen LogP contribution in [0.2, 0.25) is 0 Å². The first-order valence-electron chi connectivity index (χ1n) is 8.50. The molecule has 0 fully saturated rings. The van der Waals surface area contributed by atoms with Gasteiger partial charge in [0.25, 0.3) is 0 Å². The van der Waals surface area contributed by atoms with Crippen molar-refractivity contribution in [1.82, 2.24) is 5.32 Å². The lowest BCUT2D eigenvalue weighted by Gasteiger charge is -2.07. The summed E-state index contributed by atoms with van der Waals surface area (Å²) >= 11 is 0. The number of rotatable bonds is 12. The summed E-state index contributed by atoms with van der Waals surface area (Å²) in [6.07, 6.45) is 8.82. The second kappa shape index (κ2) is 12.5. The SMILES string of the molecule is O=C(O)CCCCCCCCCCNC(=O)Nc1ccccc1. The number of aliphatic carboxylic acids is 1. The quantitative estimate of drug-likeness (QED) is 0.499. The van der Waals surface area contributed by atoms with Crippen LogP contribution < -0.4 is 10.6 Å². The second-order valence-corrected chi connectivity index (χ2v) is 5.72. The smallest absolute Gasteiger partial charge is 0.319 e. The molecule has 0 aromatic heterocycles. The molecule has 128 valence electrons. The van der Waals surface area contributed by atoms with E-state index in [0.717, 1.165) is 37.8 Å². The van der Waals surface area contributed by atoms with Crippen LogP contribution in [0, 0.1) is 0 Å². The van der Waals surface area contributed by atoms with Crippen LogP contribution in [0.5, 0.6) is 0 Å². The first-order valence-corrected chi connectivity index (χ1v) is 8.50. The highest BCUT2D eigenvalue weighted by Crippen LogP contribution is 2.09. The van der Waals surface area contributed by atoms with Crippen LogP contribution in [0.1, 0.15) is 57.8 Å². The fourth-order valence-corrected chi connectivity index (χ4v) is 2.36. The number of urea groups is 1. The van der Waals surface area contributed by atoms with Crippen LogP contribution in [0.4, 0.5) is 10.5 Å². The van der Waals surface area contributed by atoms with Crippen molar-refractivity contribution >= 4 is 17.7 Å². The van der Waals surface area contributed by atoms with Gasteiger partial charge in [0.2, 0.25) is 0 Å². The molecule has 0 aliphatic carbocycles. The van der Waals surface area contributed by atoms with Crippen molar-refractivity contribution < 1.29 is 14.7 Å². The number of nitrogens with one attached hydrogen (secondary N) is 2. The third-order valence-corrected chi connectivity index (χ3v) is 3.63. The van der Waals surface area contributed by atoms with E-state index in [1.54, 1.807) is 0 Å². The Morgan fingerprint density at radius 2 is 1.39 bits per heavy atom. The normalized spacial score (nSPS) is 10.3. The summed E-state index contributed by atoms with van der Waals surface area (Å²) in [5, 5.41) is 14.2. The van der Waals surface area contributed by atoms with Gasteiger partial charge in [-0.2, -0.15) is 0 Å². The Labute approximate surface area is 138 Å². The highest BCUT2D eigenvalue weighted by Gasteiger charge is 2.00. The highest BCUT2D eigenvalue weighted by molar-refractivity contribution is 5.89. The van der Waals surface area contributed by atoms with Crippen LogP contribution >= 0.6 is 0 Å². The predicted octanol–water partition coefficient (Wildman–Crippen LogP) is 4.40. The molecule has 3 N–H and O–H groups in total. The number of hydrogen-bond acceptors (Lipinski definition) is 2. The van der Waals surface area contributed by atoms with Crippen molar-refractivity contribution in [1.29, 1.82) is 0 Å². The molecule has 0 saturated heterocycles. The maximum Gasteiger partial charge on any atom is 0.319 e. The summed E-state index contributed by atoms with van der Waals surface area (Å²) in [4.78, 5) is 22.0. The van der Waals surface area contributed by atoms with E-state index >= 15 is 0 Å². The number of anilines is 1. The minimum atomic E-state index is -0.700. The number of para-hydroxylation sites is 1. The average molecular weight is 320 g/mol. The zero-order chi connectivity index (χ0) is 16.8. The average Bonchev–Trinajstić information content (AvgIpc) is 2.53. The number of unbranched alkanes of at least 4 members (excludes halogenated alkanes) is 7.